The highest BCUT2D eigenvalue weighted by Gasteiger charge is 2.11. The Kier molecular flexibility index (Phi) is 4.04. The van der Waals surface area contributed by atoms with Crippen LogP contribution in [0.1, 0.15) is 16.1 Å². The van der Waals surface area contributed by atoms with Crippen LogP contribution in [0.5, 0.6) is 0 Å². The van der Waals surface area contributed by atoms with Gasteiger partial charge in [0.05, 0.1) is 5.52 Å². The molecule has 0 spiro atoms. The molecule has 0 aliphatic carbocycles. The number of halogens is 2. The average Bonchev–Trinajstić information content (AvgIpc) is 2.49. The summed E-state index contributed by atoms with van der Waals surface area (Å²) in [7, 11) is 0. The van der Waals surface area contributed by atoms with Crippen LogP contribution in [0, 0.1) is 0 Å². The number of benzene rings is 2. The van der Waals surface area contributed by atoms with Crippen molar-refractivity contribution in [1.82, 2.24) is 4.98 Å². The van der Waals surface area contributed by atoms with Gasteiger partial charge in [0.2, 0.25) is 0 Å². The molecule has 2 aromatic carbocycles. The molecular formula is C17H11BrClNO. The molecular weight excluding hydrogens is 350 g/mol. The maximum Gasteiger partial charge on any atom is 0.185 e. The standard InChI is InChI=1S/C17H11BrClNO/c18-13-7-5-12(14(19)10-13)9-17(21)16-8-6-11-3-1-2-4-15(11)20-16/h1-8,10H,9H2. The van der Waals surface area contributed by atoms with E-state index in [1.807, 2.05) is 42.5 Å². The van der Waals surface area contributed by atoms with E-state index >= 15 is 0 Å². The van der Waals surface area contributed by atoms with E-state index in [9.17, 15) is 4.79 Å². The summed E-state index contributed by atoms with van der Waals surface area (Å²) >= 11 is 9.51. The van der Waals surface area contributed by atoms with E-state index in [2.05, 4.69) is 20.9 Å². The van der Waals surface area contributed by atoms with E-state index in [0.717, 1.165) is 20.9 Å². The summed E-state index contributed by atoms with van der Waals surface area (Å²) in [6.45, 7) is 0. The summed E-state index contributed by atoms with van der Waals surface area (Å²) < 4.78 is 0.896. The summed E-state index contributed by atoms with van der Waals surface area (Å²) in [6.07, 6.45) is 0.247. The number of Topliss-reactive ketones (excluding diaryl/α,β-unsaturated/α-hetero) is 1. The van der Waals surface area contributed by atoms with E-state index in [4.69, 9.17) is 11.6 Å². The highest BCUT2D eigenvalue weighted by Crippen LogP contribution is 2.23. The number of hydrogen-bond donors (Lipinski definition) is 0. The maximum absolute atomic E-state index is 12.4. The minimum atomic E-state index is -0.0371. The summed E-state index contributed by atoms with van der Waals surface area (Å²) in [6, 6.07) is 16.9. The van der Waals surface area contributed by atoms with Gasteiger partial charge in [-0.1, -0.05) is 57.9 Å². The molecule has 2 nitrogen and oxygen atoms in total. The molecule has 0 unspecified atom stereocenters. The fraction of sp³-hybridized carbons (Fsp3) is 0.0588. The Hall–Kier alpha value is -1.71. The Labute approximate surface area is 135 Å². The van der Waals surface area contributed by atoms with E-state index in [0.29, 0.717) is 10.7 Å². The summed E-state index contributed by atoms with van der Waals surface area (Å²) in [5.74, 6) is -0.0371. The molecule has 21 heavy (non-hydrogen) atoms. The van der Waals surface area contributed by atoms with Crippen molar-refractivity contribution in [3.63, 3.8) is 0 Å². The Bertz CT molecular complexity index is 832. The molecule has 1 aromatic heterocycles. The van der Waals surface area contributed by atoms with Crippen LogP contribution in [0.3, 0.4) is 0 Å². The number of pyridine rings is 1. The van der Waals surface area contributed by atoms with Gasteiger partial charge in [-0.15, -0.1) is 0 Å². The van der Waals surface area contributed by atoms with Crippen LogP contribution < -0.4 is 0 Å². The smallest absolute Gasteiger partial charge is 0.185 e. The zero-order valence-corrected chi connectivity index (χ0v) is 13.4. The van der Waals surface area contributed by atoms with Gasteiger partial charge >= 0.3 is 0 Å². The molecule has 4 heteroatoms. The minimum Gasteiger partial charge on any atom is -0.292 e. The van der Waals surface area contributed by atoms with Crippen molar-refractivity contribution in [2.24, 2.45) is 0 Å². The Morgan fingerprint density at radius 2 is 1.90 bits per heavy atom. The van der Waals surface area contributed by atoms with Crippen LogP contribution in [0.2, 0.25) is 5.02 Å². The molecule has 0 saturated carbocycles. The molecule has 3 rings (SSSR count). The van der Waals surface area contributed by atoms with Crippen LogP contribution in [-0.4, -0.2) is 10.8 Å². The number of carbonyl (C=O) groups excluding carboxylic acids is 1. The van der Waals surface area contributed by atoms with Gasteiger partial charge in [-0.3, -0.25) is 4.79 Å². The summed E-state index contributed by atoms with van der Waals surface area (Å²) in [5, 5.41) is 1.61. The fourth-order valence-corrected chi connectivity index (χ4v) is 2.89. The first kappa shape index (κ1) is 14.2. The third kappa shape index (κ3) is 3.14. The second-order valence-corrected chi connectivity index (χ2v) is 6.05. The number of nitrogens with zero attached hydrogens (tertiary/aromatic N) is 1. The number of fused-ring (bicyclic) bond motifs is 1. The molecule has 104 valence electrons. The monoisotopic (exact) mass is 359 g/mol. The van der Waals surface area contributed by atoms with Crippen molar-refractivity contribution in [3.05, 3.63) is 75.4 Å². The zero-order valence-electron chi connectivity index (χ0n) is 11.0. The second-order valence-electron chi connectivity index (χ2n) is 4.72. The topological polar surface area (TPSA) is 30.0 Å². The quantitative estimate of drug-likeness (QED) is 0.610. The fourth-order valence-electron chi connectivity index (χ4n) is 2.15. The molecule has 0 radical (unpaired) electrons. The van der Waals surface area contributed by atoms with Crippen LogP contribution >= 0.6 is 27.5 Å². The average molecular weight is 361 g/mol. The molecule has 0 amide bonds. The normalized spacial score (nSPS) is 10.8. The van der Waals surface area contributed by atoms with Crippen molar-refractivity contribution in [2.75, 3.05) is 0 Å². The maximum atomic E-state index is 12.4. The third-order valence-electron chi connectivity index (χ3n) is 3.25. The number of hydrogen-bond acceptors (Lipinski definition) is 2. The number of carbonyl (C=O) groups is 1. The molecule has 0 N–H and O–H groups in total. The highest BCUT2D eigenvalue weighted by atomic mass is 79.9. The molecule has 0 atom stereocenters. The van der Waals surface area contributed by atoms with Crippen molar-refractivity contribution >= 4 is 44.2 Å². The van der Waals surface area contributed by atoms with E-state index in [1.54, 1.807) is 12.1 Å². The second kappa shape index (κ2) is 5.96. The lowest BCUT2D eigenvalue weighted by Gasteiger charge is -2.05. The Morgan fingerprint density at radius 1 is 1.10 bits per heavy atom. The van der Waals surface area contributed by atoms with E-state index < -0.39 is 0 Å². The highest BCUT2D eigenvalue weighted by molar-refractivity contribution is 9.10. The predicted octanol–water partition coefficient (Wildman–Crippen LogP) is 5.08. The SMILES string of the molecule is O=C(Cc1ccc(Br)cc1Cl)c1ccc2ccccc2n1. The van der Waals surface area contributed by atoms with Crippen molar-refractivity contribution in [3.8, 4) is 0 Å². The van der Waals surface area contributed by atoms with Gasteiger partial charge in [0.25, 0.3) is 0 Å². The van der Waals surface area contributed by atoms with Crippen LogP contribution in [0.4, 0.5) is 0 Å². The Morgan fingerprint density at radius 3 is 2.71 bits per heavy atom. The zero-order chi connectivity index (χ0) is 14.8. The lowest BCUT2D eigenvalue weighted by molar-refractivity contribution is 0.0988. The number of ketones is 1. The first-order valence-corrected chi connectivity index (χ1v) is 7.63. The molecule has 0 fully saturated rings. The molecule has 1 heterocycles. The molecule has 0 aliphatic heterocycles. The lowest BCUT2D eigenvalue weighted by Crippen LogP contribution is -2.06. The first-order chi connectivity index (χ1) is 10.1. The van der Waals surface area contributed by atoms with Gasteiger partial charge in [0.1, 0.15) is 5.69 Å². The van der Waals surface area contributed by atoms with Gasteiger partial charge in [0.15, 0.2) is 5.78 Å². The molecule has 0 saturated heterocycles. The minimum absolute atomic E-state index is 0.0371. The van der Waals surface area contributed by atoms with E-state index in [-0.39, 0.29) is 12.2 Å². The largest absolute Gasteiger partial charge is 0.292 e. The predicted molar refractivity (Wildman–Crippen MR) is 88.9 cm³/mol. The van der Waals surface area contributed by atoms with Crippen LogP contribution in [0.15, 0.2) is 59.1 Å². The van der Waals surface area contributed by atoms with Crippen molar-refractivity contribution in [2.45, 2.75) is 6.42 Å². The van der Waals surface area contributed by atoms with Crippen LogP contribution in [-0.2, 0) is 6.42 Å². The van der Waals surface area contributed by atoms with Gasteiger partial charge < -0.3 is 0 Å². The molecule has 3 aromatic rings. The summed E-state index contributed by atoms with van der Waals surface area (Å²) in [5.41, 5.74) is 2.10. The van der Waals surface area contributed by atoms with Gasteiger partial charge in [-0.25, -0.2) is 4.98 Å². The van der Waals surface area contributed by atoms with Gasteiger partial charge in [-0.05, 0) is 29.8 Å². The Balaban J connectivity index is 1.89. The summed E-state index contributed by atoms with van der Waals surface area (Å²) in [4.78, 5) is 16.8. The van der Waals surface area contributed by atoms with Crippen molar-refractivity contribution < 1.29 is 4.79 Å². The van der Waals surface area contributed by atoms with Gasteiger partial charge in [0, 0.05) is 21.3 Å². The number of aromatic nitrogens is 1. The third-order valence-corrected chi connectivity index (χ3v) is 4.10. The van der Waals surface area contributed by atoms with Gasteiger partial charge in [-0.2, -0.15) is 0 Å². The van der Waals surface area contributed by atoms with E-state index in [1.165, 1.54) is 0 Å². The number of para-hydroxylation sites is 1. The van der Waals surface area contributed by atoms with Crippen molar-refractivity contribution in [1.29, 1.82) is 0 Å². The number of rotatable bonds is 3. The first-order valence-electron chi connectivity index (χ1n) is 6.46. The molecule has 0 bridgehead atoms. The molecule has 0 aliphatic rings. The van der Waals surface area contributed by atoms with Crippen LogP contribution in [0.25, 0.3) is 10.9 Å². The lowest BCUT2D eigenvalue weighted by atomic mass is 10.1.